The summed E-state index contributed by atoms with van der Waals surface area (Å²) >= 11 is 23.1. The molecule has 0 aliphatic heterocycles. The molecule has 1 heterocycles. The van der Waals surface area contributed by atoms with Crippen molar-refractivity contribution in [2.45, 2.75) is 0 Å². The van der Waals surface area contributed by atoms with Crippen LogP contribution in [0, 0.1) is 0 Å². The molecule has 9 heteroatoms. The lowest BCUT2D eigenvalue weighted by Crippen LogP contribution is -2.21. The monoisotopic (exact) mass is 392 g/mol. The summed E-state index contributed by atoms with van der Waals surface area (Å²) in [5, 5.41) is 3.46. The van der Waals surface area contributed by atoms with Crippen molar-refractivity contribution in [1.82, 2.24) is 4.98 Å². The lowest BCUT2D eigenvalue weighted by molar-refractivity contribution is -0.119. The van der Waals surface area contributed by atoms with E-state index in [4.69, 9.17) is 51.1 Å². The van der Waals surface area contributed by atoms with E-state index >= 15 is 0 Å². The van der Waals surface area contributed by atoms with Gasteiger partial charge in [0.25, 0.3) is 5.91 Å². The van der Waals surface area contributed by atoms with Gasteiger partial charge in [-0.25, -0.2) is 9.78 Å². The zero-order chi connectivity index (χ0) is 17.0. The molecule has 0 atom stereocenters. The lowest BCUT2D eigenvalue weighted by Gasteiger charge is -2.08. The summed E-state index contributed by atoms with van der Waals surface area (Å²) in [6.07, 6.45) is 1.32. The van der Waals surface area contributed by atoms with Gasteiger partial charge in [0.05, 0.1) is 15.6 Å². The van der Waals surface area contributed by atoms with E-state index in [0.29, 0.717) is 5.02 Å². The van der Waals surface area contributed by atoms with E-state index in [1.165, 1.54) is 30.5 Å². The van der Waals surface area contributed by atoms with Crippen molar-refractivity contribution in [2.75, 3.05) is 11.9 Å². The maximum atomic E-state index is 11.8. The quantitative estimate of drug-likeness (QED) is 0.777. The van der Waals surface area contributed by atoms with Crippen LogP contribution in [0.1, 0.15) is 10.4 Å². The van der Waals surface area contributed by atoms with Crippen molar-refractivity contribution in [2.24, 2.45) is 0 Å². The lowest BCUT2D eigenvalue weighted by atomic mass is 10.2. The number of anilines is 1. The predicted molar refractivity (Wildman–Crippen MR) is 89.6 cm³/mol. The molecule has 23 heavy (non-hydrogen) atoms. The molecule has 1 N–H and O–H groups in total. The Balaban J connectivity index is 1.94. The van der Waals surface area contributed by atoms with E-state index in [2.05, 4.69) is 10.3 Å². The van der Waals surface area contributed by atoms with Crippen molar-refractivity contribution in [3.8, 4) is 0 Å². The molecular weight excluding hydrogens is 386 g/mol. The number of rotatable bonds is 4. The van der Waals surface area contributed by atoms with Crippen LogP contribution in [-0.4, -0.2) is 23.5 Å². The molecule has 2 rings (SSSR count). The first-order valence-corrected chi connectivity index (χ1v) is 7.60. The number of ether oxygens (including phenoxy) is 1. The Morgan fingerprint density at radius 2 is 1.65 bits per heavy atom. The maximum absolute atomic E-state index is 11.8. The molecular formula is C14H8Cl4N2O3. The third-order valence-electron chi connectivity index (χ3n) is 2.50. The van der Waals surface area contributed by atoms with Crippen molar-refractivity contribution in [3.63, 3.8) is 0 Å². The highest BCUT2D eigenvalue weighted by molar-refractivity contribution is 6.36. The van der Waals surface area contributed by atoms with Crippen LogP contribution >= 0.6 is 46.4 Å². The van der Waals surface area contributed by atoms with Gasteiger partial charge < -0.3 is 10.1 Å². The Kier molecular flexibility index (Phi) is 6.07. The first kappa shape index (κ1) is 17.8. The molecule has 1 aromatic carbocycles. The van der Waals surface area contributed by atoms with Gasteiger partial charge in [-0.05, 0) is 24.3 Å². The maximum Gasteiger partial charge on any atom is 0.338 e. The largest absolute Gasteiger partial charge is 0.452 e. The molecule has 2 aromatic rings. The molecule has 5 nitrogen and oxygen atoms in total. The van der Waals surface area contributed by atoms with E-state index < -0.39 is 18.5 Å². The number of hydrogen-bond acceptors (Lipinski definition) is 4. The Labute approximate surface area is 151 Å². The number of nitrogens with zero attached hydrogens (tertiary/aromatic N) is 1. The van der Waals surface area contributed by atoms with Crippen LogP contribution in [-0.2, 0) is 9.53 Å². The second-order valence-electron chi connectivity index (χ2n) is 4.27. The fraction of sp³-hybridized carbons (Fsp3) is 0.0714. The molecule has 0 spiro atoms. The van der Waals surface area contributed by atoms with Gasteiger partial charge in [-0.1, -0.05) is 46.4 Å². The molecule has 1 amide bonds. The average Bonchev–Trinajstić information content (AvgIpc) is 2.46. The summed E-state index contributed by atoms with van der Waals surface area (Å²) in [5.41, 5.74) is 0.137. The molecule has 0 aliphatic carbocycles. The average molecular weight is 394 g/mol. The van der Waals surface area contributed by atoms with Crippen LogP contribution in [0.2, 0.25) is 20.1 Å². The van der Waals surface area contributed by atoms with Crippen LogP contribution in [0.4, 0.5) is 5.82 Å². The normalized spacial score (nSPS) is 10.3. The minimum atomic E-state index is -0.736. The highest BCUT2D eigenvalue weighted by Crippen LogP contribution is 2.22. The molecule has 0 bridgehead atoms. The summed E-state index contributed by atoms with van der Waals surface area (Å²) in [4.78, 5) is 27.4. The fourth-order valence-corrected chi connectivity index (χ4v) is 2.51. The number of esters is 1. The first-order chi connectivity index (χ1) is 10.8. The Morgan fingerprint density at radius 3 is 2.26 bits per heavy atom. The first-order valence-electron chi connectivity index (χ1n) is 6.09. The summed E-state index contributed by atoms with van der Waals surface area (Å²) in [6, 6.07) is 5.66. The third kappa shape index (κ3) is 5.25. The van der Waals surface area contributed by atoms with Crippen LogP contribution in [0.25, 0.3) is 0 Å². The topological polar surface area (TPSA) is 68.3 Å². The molecule has 120 valence electrons. The van der Waals surface area contributed by atoms with Crippen molar-refractivity contribution in [1.29, 1.82) is 0 Å². The van der Waals surface area contributed by atoms with E-state index in [1.807, 2.05) is 0 Å². The Bertz CT molecular complexity index is 747. The Morgan fingerprint density at radius 1 is 1.00 bits per heavy atom. The predicted octanol–water partition coefficient (Wildman–Crippen LogP) is 4.49. The number of benzene rings is 1. The number of pyridine rings is 1. The van der Waals surface area contributed by atoms with Crippen LogP contribution in [0.15, 0.2) is 30.5 Å². The summed E-state index contributed by atoms with van der Waals surface area (Å²) in [7, 11) is 0. The number of halogens is 4. The van der Waals surface area contributed by atoms with Crippen LogP contribution in [0.5, 0.6) is 0 Å². The standard InChI is InChI=1S/C14H8Cl4N2O3/c15-8-1-7(2-9(16)3-8)14(22)23-6-12(21)20-13-11(18)4-10(17)5-19-13/h1-5H,6H2,(H,19,20,21). The fourth-order valence-electron chi connectivity index (χ4n) is 1.56. The summed E-state index contributed by atoms with van der Waals surface area (Å²) < 4.78 is 4.87. The van der Waals surface area contributed by atoms with Gasteiger partial charge in [0.2, 0.25) is 0 Å². The minimum Gasteiger partial charge on any atom is -0.452 e. The smallest absolute Gasteiger partial charge is 0.338 e. The van der Waals surface area contributed by atoms with E-state index in [9.17, 15) is 9.59 Å². The summed E-state index contributed by atoms with van der Waals surface area (Å²) in [6.45, 7) is -0.524. The molecule has 0 aliphatic rings. The number of nitrogens with one attached hydrogen (secondary N) is 1. The third-order valence-corrected chi connectivity index (χ3v) is 3.43. The van der Waals surface area contributed by atoms with Crippen molar-refractivity contribution >= 4 is 64.1 Å². The highest BCUT2D eigenvalue weighted by Gasteiger charge is 2.13. The summed E-state index contributed by atoms with van der Waals surface area (Å²) in [5.74, 6) is -1.23. The zero-order valence-corrected chi connectivity index (χ0v) is 14.3. The van der Waals surface area contributed by atoms with Gasteiger partial charge >= 0.3 is 5.97 Å². The van der Waals surface area contributed by atoms with Gasteiger partial charge in [0.1, 0.15) is 0 Å². The number of carbonyl (C=O) groups is 2. The van der Waals surface area contributed by atoms with E-state index in [1.54, 1.807) is 0 Å². The van der Waals surface area contributed by atoms with E-state index in [0.717, 1.165) is 0 Å². The zero-order valence-electron chi connectivity index (χ0n) is 11.3. The molecule has 0 radical (unpaired) electrons. The molecule has 0 unspecified atom stereocenters. The van der Waals surface area contributed by atoms with Crippen LogP contribution < -0.4 is 5.32 Å². The molecule has 0 saturated carbocycles. The molecule has 1 aromatic heterocycles. The van der Waals surface area contributed by atoms with Gasteiger partial charge in [-0.2, -0.15) is 0 Å². The number of carbonyl (C=O) groups excluding carboxylic acids is 2. The second-order valence-corrected chi connectivity index (χ2v) is 5.98. The van der Waals surface area contributed by atoms with Crippen molar-refractivity contribution in [3.05, 3.63) is 56.1 Å². The van der Waals surface area contributed by atoms with Crippen LogP contribution in [0.3, 0.4) is 0 Å². The van der Waals surface area contributed by atoms with Gasteiger partial charge in [0.15, 0.2) is 12.4 Å². The van der Waals surface area contributed by atoms with Gasteiger partial charge in [-0.3, -0.25) is 4.79 Å². The Hall–Kier alpha value is -1.53. The van der Waals surface area contributed by atoms with Crippen molar-refractivity contribution < 1.29 is 14.3 Å². The van der Waals surface area contributed by atoms with Gasteiger partial charge in [0, 0.05) is 16.2 Å². The SMILES string of the molecule is O=C(COC(=O)c1cc(Cl)cc(Cl)c1)Nc1ncc(Cl)cc1Cl. The van der Waals surface area contributed by atoms with Gasteiger partial charge in [-0.15, -0.1) is 0 Å². The minimum absolute atomic E-state index is 0.114. The number of hydrogen-bond donors (Lipinski definition) is 1. The number of amides is 1. The highest BCUT2D eigenvalue weighted by atomic mass is 35.5. The second kappa shape index (κ2) is 7.84. The number of aromatic nitrogens is 1. The molecule has 0 saturated heterocycles. The molecule has 0 fully saturated rings. The van der Waals surface area contributed by atoms with E-state index in [-0.39, 0.29) is 26.4 Å².